The zero-order valence-electron chi connectivity index (χ0n) is 38.3. The molecule has 8 rings (SSSR count). The van der Waals surface area contributed by atoms with Crippen LogP contribution in [0.1, 0.15) is 145 Å². The third kappa shape index (κ3) is 8.33. The minimum Gasteiger partial charge on any atom is -0.354 e. The Kier molecular flexibility index (Phi) is 10.4. The van der Waals surface area contributed by atoms with Crippen molar-refractivity contribution in [3.8, 4) is 46.4 Å². The maximum Gasteiger partial charge on any atom is 0.0816 e. The molecule has 0 aliphatic carbocycles. The number of nitrogens with one attached hydrogen (secondary N) is 2. The monoisotopic (exact) mass is 811 g/mol. The van der Waals surface area contributed by atoms with Crippen LogP contribution in [0.25, 0.3) is 68.6 Å². The molecule has 0 radical (unpaired) electrons. The Hall–Kier alpha value is -6.69. The smallest absolute Gasteiger partial charge is 0.0816 e. The maximum absolute atomic E-state index is 6.42. The summed E-state index contributed by atoms with van der Waals surface area (Å²) < 4.78 is 0. The summed E-state index contributed by atoms with van der Waals surface area (Å²) in [4.78, 5) is 22.6. The Morgan fingerprint density at radius 3 is 1.18 bits per heavy atom. The van der Waals surface area contributed by atoms with Crippen molar-refractivity contribution >= 4 is 46.4 Å². The van der Waals surface area contributed by atoms with Crippen LogP contribution in [-0.4, -0.2) is 24.9 Å². The molecule has 2 aliphatic rings. The first-order chi connectivity index (χ1) is 29.2. The number of terminal acetylenes is 1. The quantitative estimate of drug-likeness (QED) is 0.171. The Morgan fingerprint density at radius 1 is 0.435 bits per heavy atom. The summed E-state index contributed by atoms with van der Waals surface area (Å²) in [6.45, 7) is 27.2. The molecule has 2 N–H and O–H groups in total. The molecule has 2 aliphatic heterocycles. The number of aromatic nitrogens is 5. The summed E-state index contributed by atoms with van der Waals surface area (Å²) in [5, 5.41) is 0. The van der Waals surface area contributed by atoms with Crippen molar-refractivity contribution in [1.82, 2.24) is 24.9 Å². The lowest BCUT2D eigenvalue weighted by Crippen LogP contribution is -2.16. The number of nitrogens with zero attached hydrogens (tertiary/aromatic N) is 3. The van der Waals surface area contributed by atoms with Crippen LogP contribution in [0.4, 0.5) is 0 Å². The molecule has 0 unspecified atom stereocenters. The van der Waals surface area contributed by atoms with E-state index >= 15 is 0 Å². The summed E-state index contributed by atoms with van der Waals surface area (Å²) in [7, 11) is 0. The second kappa shape index (κ2) is 15.3. The molecular weight excluding hydrogens is 755 g/mol. The third-order valence-electron chi connectivity index (χ3n) is 11.8. The van der Waals surface area contributed by atoms with E-state index in [1.807, 2.05) is 12.1 Å². The van der Waals surface area contributed by atoms with E-state index < -0.39 is 0 Å². The lowest BCUT2D eigenvalue weighted by molar-refractivity contribution is 0.568. The van der Waals surface area contributed by atoms with E-state index in [4.69, 9.17) is 16.4 Å². The van der Waals surface area contributed by atoms with Crippen LogP contribution in [-0.2, 0) is 21.7 Å². The van der Waals surface area contributed by atoms with Gasteiger partial charge in [-0.15, -0.1) is 6.42 Å². The fourth-order valence-electron chi connectivity index (χ4n) is 7.94. The standard InChI is InChI=1S/C57H57N5/c1-14-42-44-17-21-48(59-44)52(36-29-38(54(2,3)4)33-39(30-36)55(5,6)7)50-23-19-46(61-50)43(16-15-35-25-27-58-28-26-35)47-20-24-51(62-47)53(49-22-18-45(42)60-49)37-31-40(56(8,9)10)34-41(32-37)57(11,12)13/h1,17-34,59-60H,2-13H3. The van der Waals surface area contributed by atoms with Crippen molar-refractivity contribution in [1.29, 1.82) is 0 Å². The number of fused-ring (bicyclic) bond motifs is 8. The molecule has 0 amide bonds. The van der Waals surface area contributed by atoms with Crippen molar-refractivity contribution in [2.45, 2.75) is 105 Å². The minimum atomic E-state index is -0.0843. The van der Waals surface area contributed by atoms with Gasteiger partial charge in [-0.25, -0.2) is 9.97 Å². The van der Waals surface area contributed by atoms with Crippen LogP contribution in [0.2, 0.25) is 0 Å². The second-order valence-electron chi connectivity index (χ2n) is 20.7. The van der Waals surface area contributed by atoms with Crippen molar-refractivity contribution in [2.24, 2.45) is 0 Å². The molecule has 2 aromatic carbocycles. The fourth-order valence-corrected chi connectivity index (χ4v) is 7.94. The highest BCUT2D eigenvalue weighted by Gasteiger charge is 2.25. The van der Waals surface area contributed by atoms with Crippen LogP contribution in [0.15, 0.2) is 85.2 Å². The van der Waals surface area contributed by atoms with Gasteiger partial charge in [0.25, 0.3) is 0 Å². The van der Waals surface area contributed by atoms with E-state index in [0.717, 1.165) is 83.8 Å². The summed E-state index contributed by atoms with van der Waals surface area (Å²) >= 11 is 0. The molecule has 310 valence electrons. The lowest BCUT2D eigenvalue weighted by atomic mass is 9.78. The molecule has 6 heterocycles. The minimum absolute atomic E-state index is 0.0843. The van der Waals surface area contributed by atoms with Gasteiger partial charge >= 0.3 is 0 Å². The zero-order chi connectivity index (χ0) is 44.4. The summed E-state index contributed by atoms with van der Waals surface area (Å²) in [6.07, 6.45) is 18.3. The Balaban J connectivity index is 1.55. The fraction of sp³-hybridized carbons (Fsp3) is 0.281. The maximum atomic E-state index is 6.42. The summed E-state index contributed by atoms with van der Waals surface area (Å²) in [5.41, 5.74) is 17.8. The first-order valence-corrected chi connectivity index (χ1v) is 21.6. The number of pyridine rings is 1. The average molecular weight is 812 g/mol. The molecule has 5 heteroatoms. The van der Waals surface area contributed by atoms with Gasteiger partial charge in [0, 0.05) is 40.1 Å². The average Bonchev–Trinajstić information content (AvgIpc) is 4.05. The molecular formula is C57H57N5. The van der Waals surface area contributed by atoms with Crippen molar-refractivity contribution in [3.63, 3.8) is 0 Å². The topological polar surface area (TPSA) is 70.2 Å². The van der Waals surface area contributed by atoms with Gasteiger partial charge in [0.1, 0.15) is 0 Å². The molecule has 5 nitrogen and oxygen atoms in total. The molecule has 6 aromatic rings. The number of H-pyrrole nitrogens is 2. The van der Waals surface area contributed by atoms with Gasteiger partial charge in [0.05, 0.1) is 44.9 Å². The molecule has 8 bridgehead atoms. The van der Waals surface area contributed by atoms with Gasteiger partial charge < -0.3 is 9.97 Å². The van der Waals surface area contributed by atoms with E-state index in [1.54, 1.807) is 12.4 Å². The lowest BCUT2D eigenvalue weighted by Gasteiger charge is -2.26. The van der Waals surface area contributed by atoms with Gasteiger partial charge in [-0.3, -0.25) is 4.98 Å². The summed E-state index contributed by atoms with van der Waals surface area (Å²) in [6, 6.07) is 26.2. The van der Waals surface area contributed by atoms with E-state index in [1.165, 1.54) is 22.3 Å². The van der Waals surface area contributed by atoms with Crippen molar-refractivity contribution in [3.05, 3.63) is 147 Å². The van der Waals surface area contributed by atoms with Crippen LogP contribution in [0.5, 0.6) is 0 Å². The molecule has 0 fully saturated rings. The zero-order valence-corrected chi connectivity index (χ0v) is 38.3. The number of rotatable bonds is 2. The highest BCUT2D eigenvalue weighted by atomic mass is 14.8. The molecule has 62 heavy (non-hydrogen) atoms. The highest BCUT2D eigenvalue weighted by molar-refractivity contribution is 5.95. The molecule has 0 spiro atoms. The van der Waals surface area contributed by atoms with Crippen LogP contribution in [0, 0.1) is 24.2 Å². The Bertz CT molecular complexity index is 2860. The van der Waals surface area contributed by atoms with E-state index in [-0.39, 0.29) is 21.7 Å². The van der Waals surface area contributed by atoms with Crippen molar-refractivity contribution < 1.29 is 0 Å². The Labute approximate surface area is 367 Å². The SMILES string of the molecule is C#Cc1c2ccc([nH]2)c(-c2cc(C(C)(C)C)cc(C(C)(C)C)c2)c2nc(c(C#Cc3ccncc3)c3nc(c(-c4cc(C(C)(C)C)cc(C(C)(C)C)c4)c4ccc1[nH]4)C=C3)C=C2. The van der Waals surface area contributed by atoms with Gasteiger partial charge in [-0.05, 0) is 116 Å². The van der Waals surface area contributed by atoms with Gasteiger partial charge in [-0.2, -0.15) is 0 Å². The molecule has 4 aromatic heterocycles. The first kappa shape index (κ1) is 42.0. The number of hydrogen-bond donors (Lipinski definition) is 2. The number of hydrogen-bond acceptors (Lipinski definition) is 3. The van der Waals surface area contributed by atoms with Crippen LogP contribution >= 0.6 is 0 Å². The van der Waals surface area contributed by atoms with E-state index in [0.29, 0.717) is 0 Å². The third-order valence-corrected chi connectivity index (χ3v) is 11.8. The predicted octanol–water partition coefficient (Wildman–Crippen LogP) is 14.0. The largest absolute Gasteiger partial charge is 0.354 e. The molecule has 0 saturated heterocycles. The van der Waals surface area contributed by atoms with Crippen LogP contribution in [0.3, 0.4) is 0 Å². The van der Waals surface area contributed by atoms with E-state index in [2.05, 4.69) is 201 Å². The second-order valence-corrected chi connectivity index (χ2v) is 20.7. The molecule has 0 saturated carbocycles. The number of benzene rings is 2. The van der Waals surface area contributed by atoms with Gasteiger partial charge in [0.2, 0.25) is 0 Å². The Morgan fingerprint density at radius 2 is 0.806 bits per heavy atom. The van der Waals surface area contributed by atoms with Gasteiger partial charge in [0.15, 0.2) is 0 Å². The number of aromatic amines is 2. The summed E-state index contributed by atoms with van der Waals surface area (Å²) in [5.74, 6) is 9.97. The van der Waals surface area contributed by atoms with Gasteiger partial charge in [-0.1, -0.05) is 137 Å². The molecule has 0 atom stereocenters. The van der Waals surface area contributed by atoms with Crippen molar-refractivity contribution in [2.75, 3.05) is 0 Å². The predicted molar refractivity (Wildman–Crippen MR) is 263 cm³/mol. The first-order valence-electron chi connectivity index (χ1n) is 21.6. The van der Waals surface area contributed by atoms with E-state index in [9.17, 15) is 0 Å². The highest BCUT2D eigenvalue weighted by Crippen LogP contribution is 2.40. The normalized spacial score (nSPS) is 12.9. The van der Waals surface area contributed by atoms with Crippen LogP contribution < -0.4 is 0 Å².